The SMILES string of the molecule is CCOc1ccc(S(=O)(=O)NC(C)CC)cc1CNC. The Hall–Kier alpha value is -1.11. The van der Waals surface area contributed by atoms with E-state index in [1.54, 1.807) is 18.2 Å². The maximum atomic E-state index is 12.3. The van der Waals surface area contributed by atoms with Crippen molar-refractivity contribution in [1.29, 1.82) is 0 Å². The molecular formula is C14H24N2O3S. The Morgan fingerprint density at radius 1 is 1.30 bits per heavy atom. The van der Waals surface area contributed by atoms with Gasteiger partial charge in [0.2, 0.25) is 10.0 Å². The molecule has 0 aliphatic heterocycles. The highest BCUT2D eigenvalue weighted by atomic mass is 32.2. The summed E-state index contributed by atoms with van der Waals surface area (Å²) in [5, 5.41) is 3.02. The molecule has 1 rings (SSSR count). The van der Waals surface area contributed by atoms with Crippen LogP contribution in [0.25, 0.3) is 0 Å². The number of rotatable bonds is 8. The first-order chi connectivity index (χ1) is 9.44. The first-order valence-electron chi connectivity index (χ1n) is 6.87. The van der Waals surface area contributed by atoms with Crippen molar-refractivity contribution >= 4 is 10.0 Å². The second kappa shape index (κ2) is 7.61. The Morgan fingerprint density at radius 2 is 2.00 bits per heavy atom. The zero-order valence-electron chi connectivity index (χ0n) is 12.6. The summed E-state index contributed by atoms with van der Waals surface area (Å²) < 4.78 is 32.7. The van der Waals surface area contributed by atoms with E-state index in [0.29, 0.717) is 18.9 Å². The summed E-state index contributed by atoms with van der Waals surface area (Å²) in [6.45, 7) is 6.80. The van der Waals surface area contributed by atoms with Crippen LogP contribution in [0, 0.1) is 0 Å². The quantitative estimate of drug-likeness (QED) is 0.769. The molecule has 1 aromatic rings. The fourth-order valence-electron chi connectivity index (χ4n) is 1.76. The number of hydrogen-bond acceptors (Lipinski definition) is 4. The first-order valence-corrected chi connectivity index (χ1v) is 8.35. The zero-order chi connectivity index (χ0) is 15.2. The highest BCUT2D eigenvalue weighted by Gasteiger charge is 2.18. The van der Waals surface area contributed by atoms with E-state index in [9.17, 15) is 8.42 Å². The van der Waals surface area contributed by atoms with E-state index >= 15 is 0 Å². The molecule has 0 amide bonds. The maximum Gasteiger partial charge on any atom is 0.240 e. The lowest BCUT2D eigenvalue weighted by atomic mass is 10.2. The monoisotopic (exact) mass is 300 g/mol. The fourth-order valence-corrected chi connectivity index (χ4v) is 3.14. The van der Waals surface area contributed by atoms with Crippen LogP contribution in [0.15, 0.2) is 23.1 Å². The van der Waals surface area contributed by atoms with E-state index in [4.69, 9.17) is 4.74 Å². The molecule has 2 N–H and O–H groups in total. The first kappa shape index (κ1) is 16.9. The van der Waals surface area contributed by atoms with Crippen LogP contribution in [0.3, 0.4) is 0 Å². The average molecular weight is 300 g/mol. The molecule has 0 radical (unpaired) electrons. The van der Waals surface area contributed by atoms with E-state index in [0.717, 1.165) is 12.0 Å². The molecule has 5 nitrogen and oxygen atoms in total. The molecule has 0 saturated heterocycles. The Kier molecular flexibility index (Phi) is 6.45. The Balaban J connectivity index is 3.10. The molecule has 0 spiro atoms. The van der Waals surface area contributed by atoms with Crippen LogP contribution < -0.4 is 14.8 Å². The van der Waals surface area contributed by atoms with E-state index in [1.807, 2.05) is 27.8 Å². The molecule has 0 heterocycles. The Bertz CT molecular complexity index is 529. The zero-order valence-corrected chi connectivity index (χ0v) is 13.4. The molecule has 0 aromatic heterocycles. The average Bonchev–Trinajstić information content (AvgIpc) is 2.40. The van der Waals surface area contributed by atoms with Gasteiger partial charge in [-0.05, 0) is 45.5 Å². The minimum Gasteiger partial charge on any atom is -0.494 e. The van der Waals surface area contributed by atoms with E-state index in [-0.39, 0.29) is 10.9 Å². The third kappa shape index (κ3) is 4.47. The van der Waals surface area contributed by atoms with Crippen molar-refractivity contribution in [3.05, 3.63) is 23.8 Å². The van der Waals surface area contributed by atoms with Crippen molar-refractivity contribution in [3.8, 4) is 5.75 Å². The molecule has 1 unspecified atom stereocenters. The number of benzene rings is 1. The molecule has 0 fully saturated rings. The van der Waals surface area contributed by atoms with E-state index in [1.165, 1.54) is 0 Å². The van der Waals surface area contributed by atoms with Crippen LogP contribution in [0.2, 0.25) is 0 Å². The third-order valence-electron chi connectivity index (χ3n) is 2.98. The number of ether oxygens (including phenoxy) is 1. The largest absolute Gasteiger partial charge is 0.494 e. The highest BCUT2D eigenvalue weighted by Crippen LogP contribution is 2.23. The summed E-state index contributed by atoms with van der Waals surface area (Å²) in [6, 6.07) is 4.86. The van der Waals surface area contributed by atoms with Crippen LogP contribution in [-0.2, 0) is 16.6 Å². The number of nitrogens with one attached hydrogen (secondary N) is 2. The van der Waals surface area contributed by atoms with Gasteiger partial charge in [-0.3, -0.25) is 0 Å². The summed E-state index contributed by atoms with van der Waals surface area (Å²) in [5.41, 5.74) is 0.835. The second-order valence-electron chi connectivity index (χ2n) is 4.66. The van der Waals surface area contributed by atoms with Gasteiger partial charge >= 0.3 is 0 Å². The standard InChI is InChI=1S/C14H24N2O3S/c1-5-11(3)16-20(17,18)13-7-8-14(19-6-2)12(9-13)10-15-4/h7-9,11,15-16H,5-6,10H2,1-4H3. The Labute approximate surface area is 121 Å². The lowest BCUT2D eigenvalue weighted by molar-refractivity contribution is 0.335. The molecule has 114 valence electrons. The van der Waals surface area contributed by atoms with Crippen molar-refractivity contribution in [3.63, 3.8) is 0 Å². The molecule has 6 heteroatoms. The van der Waals surface area contributed by atoms with Gasteiger partial charge in [0.15, 0.2) is 0 Å². The van der Waals surface area contributed by atoms with E-state index < -0.39 is 10.0 Å². The Morgan fingerprint density at radius 3 is 2.55 bits per heavy atom. The minimum absolute atomic E-state index is 0.0840. The van der Waals surface area contributed by atoms with Gasteiger partial charge in [0.1, 0.15) is 5.75 Å². The van der Waals surface area contributed by atoms with Gasteiger partial charge in [-0.2, -0.15) is 0 Å². The number of sulfonamides is 1. The van der Waals surface area contributed by atoms with Crippen molar-refractivity contribution in [2.45, 2.75) is 44.7 Å². The fraction of sp³-hybridized carbons (Fsp3) is 0.571. The summed E-state index contributed by atoms with van der Waals surface area (Å²) in [6.07, 6.45) is 0.750. The maximum absolute atomic E-state index is 12.3. The molecule has 0 aliphatic rings. The van der Waals surface area contributed by atoms with Crippen LogP contribution in [0.1, 0.15) is 32.8 Å². The predicted molar refractivity (Wildman–Crippen MR) is 80.4 cm³/mol. The van der Waals surface area contributed by atoms with E-state index in [2.05, 4.69) is 10.0 Å². The molecule has 1 aromatic carbocycles. The lowest BCUT2D eigenvalue weighted by Crippen LogP contribution is -2.32. The number of hydrogen-bond donors (Lipinski definition) is 2. The molecule has 0 saturated carbocycles. The van der Waals surface area contributed by atoms with Gasteiger partial charge in [-0.1, -0.05) is 6.92 Å². The molecule has 20 heavy (non-hydrogen) atoms. The normalized spacial score (nSPS) is 13.2. The summed E-state index contributed by atoms with van der Waals surface area (Å²) >= 11 is 0. The summed E-state index contributed by atoms with van der Waals surface area (Å²) in [7, 11) is -1.66. The van der Waals surface area contributed by atoms with Crippen molar-refractivity contribution < 1.29 is 13.2 Å². The summed E-state index contributed by atoms with van der Waals surface area (Å²) in [4.78, 5) is 0.270. The van der Waals surface area contributed by atoms with Gasteiger partial charge in [-0.25, -0.2) is 13.1 Å². The molecule has 0 aliphatic carbocycles. The van der Waals surface area contributed by atoms with Gasteiger partial charge in [0.25, 0.3) is 0 Å². The van der Waals surface area contributed by atoms with Gasteiger partial charge < -0.3 is 10.1 Å². The smallest absolute Gasteiger partial charge is 0.240 e. The van der Waals surface area contributed by atoms with Crippen LogP contribution >= 0.6 is 0 Å². The molecule has 0 bridgehead atoms. The third-order valence-corrected chi connectivity index (χ3v) is 4.57. The van der Waals surface area contributed by atoms with Crippen LogP contribution in [-0.4, -0.2) is 28.1 Å². The summed E-state index contributed by atoms with van der Waals surface area (Å²) in [5.74, 6) is 0.712. The lowest BCUT2D eigenvalue weighted by Gasteiger charge is -2.15. The van der Waals surface area contributed by atoms with Gasteiger partial charge in [0, 0.05) is 18.2 Å². The van der Waals surface area contributed by atoms with Crippen molar-refractivity contribution in [2.75, 3.05) is 13.7 Å². The highest BCUT2D eigenvalue weighted by molar-refractivity contribution is 7.89. The topological polar surface area (TPSA) is 67.4 Å². The molecular weight excluding hydrogens is 276 g/mol. The van der Waals surface area contributed by atoms with Gasteiger partial charge in [0.05, 0.1) is 11.5 Å². The minimum atomic E-state index is -3.48. The van der Waals surface area contributed by atoms with Crippen molar-refractivity contribution in [2.24, 2.45) is 0 Å². The van der Waals surface area contributed by atoms with Crippen LogP contribution in [0.4, 0.5) is 0 Å². The molecule has 1 atom stereocenters. The second-order valence-corrected chi connectivity index (χ2v) is 6.38. The van der Waals surface area contributed by atoms with Crippen molar-refractivity contribution in [1.82, 2.24) is 10.0 Å². The van der Waals surface area contributed by atoms with Gasteiger partial charge in [-0.15, -0.1) is 0 Å². The van der Waals surface area contributed by atoms with Crippen LogP contribution in [0.5, 0.6) is 5.75 Å². The predicted octanol–water partition coefficient (Wildman–Crippen LogP) is 1.88.